The van der Waals surface area contributed by atoms with E-state index in [4.69, 9.17) is 0 Å². The summed E-state index contributed by atoms with van der Waals surface area (Å²) in [5.41, 5.74) is 0.418. The lowest BCUT2D eigenvalue weighted by Crippen LogP contribution is -2.28. The largest absolute Gasteiger partial charge is 0.504 e. The lowest BCUT2D eigenvalue weighted by atomic mass is 10.0. The first-order chi connectivity index (χ1) is 7.99. The molecule has 1 heterocycles. The number of rotatable bonds is 1. The van der Waals surface area contributed by atoms with Gasteiger partial charge in [0.25, 0.3) is 5.91 Å². The van der Waals surface area contributed by atoms with Gasteiger partial charge in [0, 0.05) is 18.7 Å². The molecule has 1 saturated heterocycles. The van der Waals surface area contributed by atoms with E-state index in [2.05, 4.69) is 13.8 Å². The van der Waals surface area contributed by atoms with Crippen molar-refractivity contribution in [1.82, 2.24) is 4.90 Å². The highest BCUT2D eigenvalue weighted by atomic mass is 16.3. The molecule has 4 heteroatoms. The molecule has 1 aliphatic heterocycles. The highest BCUT2D eigenvalue weighted by Crippen LogP contribution is 2.28. The van der Waals surface area contributed by atoms with Crippen LogP contribution in [0.15, 0.2) is 18.2 Å². The van der Waals surface area contributed by atoms with E-state index < -0.39 is 0 Å². The van der Waals surface area contributed by atoms with Crippen LogP contribution in [0.1, 0.15) is 24.2 Å². The van der Waals surface area contributed by atoms with Gasteiger partial charge in [0.05, 0.1) is 0 Å². The van der Waals surface area contributed by atoms with E-state index >= 15 is 0 Å². The summed E-state index contributed by atoms with van der Waals surface area (Å²) >= 11 is 0. The number of amides is 1. The van der Waals surface area contributed by atoms with Gasteiger partial charge in [-0.15, -0.1) is 0 Å². The fourth-order valence-corrected chi connectivity index (χ4v) is 2.13. The van der Waals surface area contributed by atoms with E-state index in [9.17, 15) is 15.0 Å². The number of nitrogens with zero attached hydrogens (tertiary/aromatic N) is 1. The molecule has 0 spiro atoms. The highest BCUT2D eigenvalue weighted by molar-refractivity contribution is 5.95. The van der Waals surface area contributed by atoms with Gasteiger partial charge in [-0.05, 0) is 30.0 Å². The summed E-state index contributed by atoms with van der Waals surface area (Å²) in [7, 11) is 0. The molecule has 1 amide bonds. The van der Waals surface area contributed by atoms with E-state index in [0.717, 1.165) is 13.1 Å². The molecule has 2 N–H and O–H groups in total. The van der Waals surface area contributed by atoms with Crippen molar-refractivity contribution in [3.05, 3.63) is 23.8 Å². The number of hydrogen-bond donors (Lipinski definition) is 2. The molecule has 1 fully saturated rings. The van der Waals surface area contributed by atoms with Crippen molar-refractivity contribution in [2.75, 3.05) is 13.1 Å². The third-order valence-electron chi connectivity index (χ3n) is 3.50. The van der Waals surface area contributed by atoms with Crippen LogP contribution in [0.3, 0.4) is 0 Å². The lowest BCUT2D eigenvalue weighted by Gasteiger charge is -2.16. The minimum atomic E-state index is -0.254. The number of hydrogen-bond acceptors (Lipinski definition) is 3. The van der Waals surface area contributed by atoms with Crippen molar-refractivity contribution < 1.29 is 15.0 Å². The molecular weight excluding hydrogens is 218 g/mol. The Morgan fingerprint density at radius 3 is 2.29 bits per heavy atom. The Morgan fingerprint density at radius 2 is 1.76 bits per heavy atom. The molecule has 0 aliphatic carbocycles. The number of carbonyl (C=O) groups excluding carboxylic acids is 1. The third kappa shape index (κ3) is 2.20. The maximum absolute atomic E-state index is 12.1. The van der Waals surface area contributed by atoms with Gasteiger partial charge in [-0.1, -0.05) is 13.8 Å². The number of phenolic OH excluding ortho intramolecular Hbond substituents is 2. The Bertz CT molecular complexity index is 434. The summed E-state index contributed by atoms with van der Waals surface area (Å²) in [6.45, 7) is 5.77. The number of likely N-dealkylation sites (tertiary alicyclic amines) is 1. The van der Waals surface area contributed by atoms with Gasteiger partial charge in [-0.25, -0.2) is 0 Å². The normalized spacial score (nSPS) is 24.0. The van der Waals surface area contributed by atoms with Gasteiger partial charge in [0.15, 0.2) is 11.5 Å². The smallest absolute Gasteiger partial charge is 0.254 e. The fraction of sp³-hybridized carbons (Fsp3) is 0.462. The summed E-state index contributed by atoms with van der Waals surface area (Å²) in [6, 6.07) is 4.18. The van der Waals surface area contributed by atoms with E-state index in [1.54, 1.807) is 4.90 Å². The van der Waals surface area contributed by atoms with Crippen molar-refractivity contribution in [2.24, 2.45) is 11.8 Å². The van der Waals surface area contributed by atoms with Gasteiger partial charge in [0.2, 0.25) is 0 Å². The predicted octanol–water partition coefficient (Wildman–Crippen LogP) is 1.83. The third-order valence-corrected chi connectivity index (χ3v) is 3.50. The SMILES string of the molecule is CC1CN(C(=O)c2ccc(O)c(O)c2)CC1C. The molecule has 0 aromatic heterocycles. The van der Waals surface area contributed by atoms with Gasteiger partial charge in [0.1, 0.15) is 0 Å². The van der Waals surface area contributed by atoms with E-state index in [0.29, 0.717) is 17.4 Å². The molecule has 1 aromatic rings. The van der Waals surface area contributed by atoms with Crippen LogP contribution in [0.4, 0.5) is 0 Å². The van der Waals surface area contributed by atoms with Crippen LogP contribution >= 0.6 is 0 Å². The number of phenols is 2. The maximum atomic E-state index is 12.1. The Labute approximate surface area is 100 Å². The van der Waals surface area contributed by atoms with Gasteiger partial charge in [-0.2, -0.15) is 0 Å². The van der Waals surface area contributed by atoms with E-state index in [1.165, 1.54) is 18.2 Å². The average molecular weight is 235 g/mol. The zero-order valence-electron chi connectivity index (χ0n) is 10.1. The summed E-state index contributed by atoms with van der Waals surface area (Å²) in [5.74, 6) is 0.465. The van der Waals surface area contributed by atoms with Gasteiger partial charge < -0.3 is 15.1 Å². The summed E-state index contributed by atoms with van der Waals surface area (Å²) in [6.07, 6.45) is 0. The molecule has 2 unspecified atom stereocenters. The quantitative estimate of drug-likeness (QED) is 0.730. The minimum Gasteiger partial charge on any atom is -0.504 e. The van der Waals surface area contributed by atoms with Crippen LogP contribution in [-0.2, 0) is 0 Å². The van der Waals surface area contributed by atoms with Gasteiger partial charge >= 0.3 is 0 Å². The Hall–Kier alpha value is -1.71. The molecule has 17 heavy (non-hydrogen) atoms. The van der Waals surface area contributed by atoms with Crippen molar-refractivity contribution in [3.63, 3.8) is 0 Å². The molecule has 92 valence electrons. The van der Waals surface area contributed by atoms with Crippen LogP contribution in [0, 0.1) is 11.8 Å². The summed E-state index contributed by atoms with van der Waals surface area (Å²) < 4.78 is 0. The summed E-state index contributed by atoms with van der Waals surface area (Å²) in [5, 5.41) is 18.6. The van der Waals surface area contributed by atoms with Crippen molar-refractivity contribution in [3.8, 4) is 11.5 Å². The van der Waals surface area contributed by atoms with Crippen molar-refractivity contribution in [1.29, 1.82) is 0 Å². The van der Waals surface area contributed by atoms with Crippen LogP contribution in [-0.4, -0.2) is 34.1 Å². The first-order valence-corrected chi connectivity index (χ1v) is 5.80. The molecule has 2 rings (SSSR count). The van der Waals surface area contributed by atoms with Crippen molar-refractivity contribution in [2.45, 2.75) is 13.8 Å². The van der Waals surface area contributed by atoms with Crippen LogP contribution in [0.25, 0.3) is 0 Å². The molecule has 1 aliphatic rings. The minimum absolute atomic E-state index is 0.0866. The first-order valence-electron chi connectivity index (χ1n) is 5.80. The Balaban J connectivity index is 2.17. The molecule has 0 saturated carbocycles. The molecule has 0 bridgehead atoms. The fourth-order valence-electron chi connectivity index (χ4n) is 2.13. The number of benzene rings is 1. The Kier molecular flexibility index (Phi) is 2.96. The predicted molar refractivity (Wildman–Crippen MR) is 64.0 cm³/mol. The molecular formula is C13H17NO3. The summed E-state index contributed by atoms with van der Waals surface area (Å²) in [4.78, 5) is 13.9. The number of aromatic hydroxyl groups is 2. The first kappa shape index (κ1) is 11.8. The molecule has 4 nitrogen and oxygen atoms in total. The highest BCUT2D eigenvalue weighted by Gasteiger charge is 2.30. The van der Waals surface area contributed by atoms with Crippen LogP contribution in [0.2, 0.25) is 0 Å². The lowest BCUT2D eigenvalue weighted by molar-refractivity contribution is 0.0784. The van der Waals surface area contributed by atoms with Crippen LogP contribution in [0.5, 0.6) is 11.5 Å². The average Bonchev–Trinajstić information content (AvgIpc) is 2.62. The van der Waals surface area contributed by atoms with Crippen LogP contribution < -0.4 is 0 Å². The second-order valence-electron chi connectivity index (χ2n) is 4.87. The molecule has 1 aromatic carbocycles. The van der Waals surface area contributed by atoms with E-state index in [1.807, 2.05) is 0 Å². The number of carbonyl (C=O) groups is 1. The second-order valence-corrected chi connectivity index (χ2v) is 4.87. The topological polar surface area (TPSA) is 60.8 Å². The molecule has 2 atom stereocenters. The standard InChI is InChI=1S/C13H17NO3/c1-8-6-14(7-9(8)2)13(17)10-3-4-11(15)12(16)5-10/h3-5,8-9,15-16H,6-7H2,1-2H3. The maximum Gasteiger partial charge on any atom is 0.254 e. The zero-order chi connectivity index (χ0) is 12.6. The molecule has 0 radical (unpaired) electrons. The van der Waals surface area contributed by atoms with E-state index in [-0.39, 0.29) is 17.4 Å². The second kappa shape index (κ2) is 4.28. The van der Waals surface area contributed by atoms with Gasteiger partial charge in [-0.3, -0.25) is 4.79 Å². The monoisotopic (exact) mass is 235 g/mol. The zero-order valence-corrected chi connectivity index (χ0v) is 10.1. The van der Waals surface area contributed by atoms with Crippen molar-refractivity contribution >= 4 is 5.91 Å². The Morgan fingerprint density at radius 1 is 1.18 bits per heavy atom.